The normalized spacial score (nSPS) is 10.5. The van der Waals surface area contributed by atoms with Crippen LogP contribution >= 0.6 is 15.9 Å². The molecule has 0 amide bonds. The molecule has 0 aliphatic rings. The Morgan fingerprint density at radius 1 is 1.05 bits per heavy atom. The third kappa shape index (κ3) is 2.94. The fourth-order valence-corrected chi connectivity index (χ4v) is 2.40. The molecule has 0 fully saturated rings. The minimum Gasteiger partial charge on any atom is -0.313 e. The van der Waals surface area contributed by atoms with Gasteiger partial charge in [0.05, 0.1) is 4.47 Å². The lowest BCUT2D eigenvalue weighted by atomic mass is 10.2. The summed E-state index contributed by atoms with van der Waals surface area (Å²) in [5, 5.41) is 0. The van der Waals surface area contributed by atoms with E-state index < -0.39 is 6.08 Å². The maximum absolute atomic E-state index is 13.2. The number of benzene rings is 1. The predicted octanol–water partition coefficient (Wildman–Crippen LogP) is 3.60. The number of halogens is 2. The molecule has 0 atom stereocenters. The van der Waals surface area contributed by atoms with Crippen LogP contribution in [-0.2, 0) is 0 Å². The number of aromatic nitrogens is 4. The zero-order chi connectivity index (χ0) is 15.5. The Hall–Kier alpha value is -2.41. The van der Waals surface area contributed by atoms with Crippen molar-refractivity contribution >= 4 is 27.6 Å². The summed E-state index contributed by atoms with van der Waals surface area (Å²) in [5.74, 6) is 1.58. The predicted molar refractivity (Wildman–Crippen MR) is 85.2 cm³/mol. The van der Waals surface area contributed by atoms with Crippen molar-refractivity contribution < 1.29 is 4.39 Å². The van der Waals surface area contributed by atoms with Crippen molar-refractivity contribution in [3.63, 3.8) is 0 Å². The van der Waals surface area contributed by atoms with Crippen LogP contribution in [0.4, 0.5) is 16.0 Å². The largest absolute Gasteiger partial charge is 0.313 e. The van der Waals surface area contributed by atoms with Gasteiger partial charge in [-0.2, -0.15) is 9.37 Å². The van der Waals surface area contributed by atoms with E-state index in [9.17, 15) is 4.39 Å². The van der Waals surface area contributed by atoms with Crippen LogP contribution in [0.25, 0.3) is 11.4 Å². The second-order valence-corrected chi connectivity index (χ2v) is 5.33. The van der Waals surface area contributed by atoms with Gasteiger partial charge in [0, 0.05) is 25.0 Å². The molecule has 0 bridgehead atoms. The summed E-state index contributed by atoms with van der Waals surface area (Å²) in [7, 11) is 1.75. The molecule has 22 heavy (non-hydrogen) atoms. The summed E-state index contributed by atoms with van der Waals surface area (Å²) in [5.41, 5.74) is 0.901. The maximum atomic E-state index is 13.2. The molecule has 2 aromatic heterocycles. The van der Waals surface area contributed by atoms with Gasteiger partial charge in [-0.1, -0.05) is 30.3 Å². The number of hydrogen-bond donors (Lipinski definition) is 0. The molecule has 3 rings (SSSR count). The summed E-state index contributed by atoms with van der Waals surface area (Å²) in [4.78, 5) is 17.7. The number of rotatable bonds is 3. The maximum Gasteiger partial charge on any atom is 0.310 e. The van der Waals surface area contributed by atoms with E-state index in [0.29, 0.717) is 21.9 Å². The van der Waals surface area contributed by atoms with E-state index in [1.807, 2.05) is 30.3 Å². The van der Waals surface area contributed by atoms with E-state index >= 15 is 0 Å². The molecule has 1 aromatic carbocycles. The van der Waals surface area contributed by atoms with Gasteiger partial charge in [-0.05, 0) is 22.0 Å². The van der Waals surface area contributed by atoms with Crippen molar-refractivity contribution in [2.24, 2.45) is 0 Å². The highest BCUT2D eigenvalue weighted by molar-refractivity contribution is 9.10. The molecular weight excluding hydrogens is 349 g/mol. The molecule has 2 heterocycles. The Balaban J connectivity index is 2.03. The molecule has 0 radical (unpaired) electrons. The molecule has 110 valence electrons. The molecule has 0 saturated heterocycles. The molecule has 5 nitrogen and oxygen atoms in total. The van der Waals surface area contributed by atoms with E-state index in [4.69, 9.17) is 0 Å². The van der Waals surface area contributed by atoms with Crippen LogP contribution < -0.4 is 4.90 Å². The van der Waals surface area contributed by atoms with Crippen LogP contribution in [0.1, 0.15) is 0 Å². The Bertz CT molecular complexity index is 797. The van der Waals surface area contributed by atoms with E-state index in [1.54, 1.807) is 24.2 Å². The Labute approximate surface area is 135 Å². The third-order valence-corrected chi connectivity index (χ3v) is 3.59. The SMILES string of the molecule is CN(c1ccnc(F)n1)c1nc(-c2ccccc2)ncc1Br. The number of nitrogens with zero attached hydrogens (tertiary/aromatic N) is 5. The second-order valence-electron chi connectivity index (χ2n) is 4.47. The lowest BCUT2D eigenvalue weighted by molar-refractivity contribution is 0.539. The van der Waals surface area contributed by atoms with E-state index in [0.717, 1.165) is 5.56 Å². The minimum atomic E-state index is -0.780. The van der Waals surface area contributed by atoms with E-state index in [1.165, 1.54) is 6.20 Å². The van der Waals surface area contributed by atoms with Crippen LogP contribution in [0.2, 0.25) is 0 Å². The molecule has 3 aromatic rings. The standard InChI is InChI=1S/C15H11BrFN5/c1-22(12-7-8-18-15(17)20-12)14-11(16)9-19-13(21-14)10-5-3-2-4-6-10/h2-9H,1H3. The average Bonchev–Trinajstić information content (AvgIpc) is 2.55. The average molecular weight is 360 g/mol. The summed E-state index contributed by atoms with van der Waals surface area (Å²) < 4.78 is 13.9. The second kappa shape index (κ2) is 6.15. The summed E-state index contributed by atoms with van der Waals surface area (Å²) in [6, 6.07) is 11.2. The third-order valence-electron chi connectivity index (χ3n) is 3.03. The van der Waals surface area contributed by atoms with Crippen molar-refractivity contribution in [2.45, 2.75) is 0 Å². The van der Waals surface area contributed by atoms with Crippen molar-refractivity contribution in [3.05, 3.63) is 59.3 Å². The Morgan fingerprint density at radius 3 is 2.55 bits per heavy atom. The highest BCUT2D eigenvalue weighted by atomic mass is 79.9. The van der Waals surface area contributed by atoms with Gasteiger partial charge in [0.15, 0.2) is 11.6 Å². The first-order chi connectivity index (χ1) is 10.6. The molecule has 0 saturated carbocycles. The zero-order valence-corrected chi connectivity index (χ0v) is 13.2. The lowest BCUT2D eigenvalue weighted by Crippen LogP contribution is -2.15. The Morgan fingerprint density at radius 2 is 1.82 bits per heavy atom. The van der Waals surface area contributed by atoms with E-state index in [-0.39, 0.29) is 0 Å². The van der Waals surface area contributed by atoms with Gasteiger partial charge < -0.3 is 4.90 Å². The first-order valence-electron chi connectivity index (χ1n) is 6.45. The van der Waals surface area contributed by atoms with Gasteiger partial charge in [0.2, 0.25) is 0 Å². The van der Waals surface area contributed by atoms with Crippen LogP contribution in [-0.4, -0.2) is 27.0 Å². The van der Waals surface area contributed by atoms with Gasteiger partial charge in [-0.25, -0.2) is 15.0 Å². The highest BCUT2D eigenvalue weighted by Gasteiger charge is 2.14. The van der Waals surface area contributed by atoms with Gasteiger partial charge in [-0.3, -0.25) is 0 Å². The zero-order valence-electron chi connectivity index (χ0n) is 11.6. The molecule has 0 aliphatic carbocycles. The topological polar surface area (TPSA) is 54.8 Å². The van der Waals surface area contributed by atoms with E-state index in [2.05, 4.69) is 35.9 Å². The van der Waals surface area contributed by atoms with Gasteiger partial charge in [0.25, 0.3) is 0 Å². The van der Waals surface area contributed by atoms with Gasteiger partial charge in [0.1, 0.15) is 5.82 Å². The quantitative estimate of drug-likeness (QED) is 0.668. The fourth-order valence-electron chi connectivity index (χ4n) is 1.94. The molecular formula is C15H11BrFN5. The minimum absolute atomic E-state index is 0.408. The first kappa shape index (κ1) is 14.5. The smallest absolute Gasteiger partial charge is 0.310 e. The summed E-state index contributed by atoms with van der Waals surface area (Å²) >= 11 is 3.42. The van der Waals surface area contributed by atoms with Crippen molar-refractivity contribution in [3.8, 4) is 11.4 Å². The number of anilines is 2. The first-order valence-corrected chi connectivity index (χ1v) is 7.24. The molecule has 0 spiro atoms. The lowest BCUT2D eigenvalue weighted by Gasteiger charge is -2.18. The van der Waals surface area contributed by atoms with Crippen LogP contribution in [0.5, 0.6) is 0 Å². The van der Waals surface area contributed by atoms with Crippen LogP contribution in [0, 0.1) is 6.08 Å². The van der Waals surface area contributed by atoms with Gasteiger partial charge in [-0.15, -0.1) is 0 Å². The Kier molecular flexibility index (Phi) is 4.06. The van der Waals surface area contributed by atoms with Gasteiger partial charge >= 0.3 is 6.08 Å². The van der Waals surface area contributed by atoms with Crippen molar-refractivity contribution in [1.29, 1.82) is 0 Å². The molecule has 0 unspecified atom stereocenters. The van der Waals surface area contributed by atoms with Crippen molar-refractivity contribution in [1.82, 2.24) is 19.9 Å². The fraction of sp³-hybridized carbons (Fsp3) is 0.0667. The number of hydrogen-bond acceptors (Lipinski definition) is 5. The highest BCUT2D eigenvalue weighted by Crippen LogP contribution is 2.29. The van der Waals surface area contributed by atoms with Crippen LogP contribution in [0.15, 0.2) is 53.3 Å². The monoisotopic (exact) mass is 359 g/mol. The molecule has 7 heteroatoms. The van der Waals surface area contributed by atoms with Crippen LogP contribution in [0.3, 0.4) is 0 Å². The summed E-state index contributed by atoms with van der Waals surface area (Å²) in [6.07, 6.45) is 2.25. The molecule has 0 aliphatic heterocycles. The van der Waals surface area contributed by atoms with Crippen molar-refractivity contribution in [2.75, 3.05) is 11.9 Å². The molecule has 0 N–H and O–H groups in total. The summed E-state index contributed by atoms with van der Waals surface area (Å²) in [6.45, 7) is 0.